The number of ketones is 1. The van der Waals surface area contributed by atoms with E-state index in [9.17, 15) is 14.7 Å². The van der Waals surface area contributed by atoms with Crippen molar-refractivity contribution >= 4 is 11.7 Å². The lowest BCUT2D eigenvalue weighted by Gasteiger charge is -2.29. The van der Waals surface area contributed by atoms with Gasteiger partial charge in [-0.25, -0.2) is 0 Å². The number of rotatable bonds is 9. The van der Waals surface area contributed by atoms with E-state index < -0.39 is 0 Å². The molecule has 0 bridgehead atoms. The van der Waals surface area contributed by atoms with Crippen LogP contribution in [-0.4, -0.2) is 47.5 Å². The SMILES string of the molecule is CCCCCOc1ccc(C(=O)CCC(=O)N2CCC(O)CC2)cc1. The van der Waals surface area contributed by atoms with Crippen LogP contribution < -0.4 is 4.74 Å². The second-order valence-corrected chi connectivity index (χ2v) is 6.62. The van der Waals surface area contributed by atoms with Crippen LogP contribution in [0.15, 0.2) is 24.3 Å². The van der Waals surface area contributed by atoms with Crippen LogP contribution in [0, 0.1) is 0 Å². The van der Waals surface area contributed by atoms with Crippen molar-refractivity contribution in [1.29, 1.82) is 0 Å². The van der Waals surface area contributed by atoms with Crippen LogP contribution >= 0.6 is 0 Å². The summed E-state index contributed by atoms with van der Waals surface area (Å²) in [5, 5.41) is 9.48. The first-order valence-corrected chi connectivity index (χ1v) is 9.32. The molecular formula is C20H29NO4. The topological polar surface area (TPSA) is 66.8 Å². The molecule has 1 heterocycles. The summed E-state index contributed by atoms with van der Waals surface area (Å²) in [7, 11) is 0. The highest BCUT2D eigenvalue weighted by Crippen LogP contribution is 2.16. The van der Waals surface area contributed by atoms with E-state index in [0.717, 1.165) is 25.0 Å². The smallest absolute Gasteiger partial charge is 0.223 e. The largest absolute Gasteiger partial charge is 0.494 e. The first-order chi connectivity index (χ1) is 12.1. The summed E-state index contributed by atoms with van der Waals surface area (Å²) in [4.78, 5) is 26.1. The molecule has 1 aliphatic heterocycles. The molecule has 0 saturated carbocycles. The molecule has 1 aromatic rings. The summed E-state index contributed by atoms with van der Waals surface area (Å²) in [5.41, 5.74) is 0.614. The summed E-state index contributed by atoms with van der Waals surface area (Å²) >= 11 is 0. The van der Waals surface area contributed by atoms with Gasteiger partial charge in [-0.3, -0.25) is 9.59 Å². The van der Waals surface area contributed by atoms with E-state index in [-0.39, 0.29) is 30.6 Å². The average Bonchev–Trinajstić information content (AvgIpc) is 2.64. The quantitative estimate of drug-likeness (QED) is 0.550. The fourth-order valence-corrected chi connectivity index (χ4v) is 2.92. The van der Waals surface area contributed by atoms with Gasteiger partial charge in [-0.05, 0) is 43.5 Å². The number of likely N-dealkylation sites (tertiary alicyclic amines) is 1. The third-order valence-electron chi connectivity index (χ3n) is 4.58. The van der Waals surface area contributed by atoms with E-state index in [1.165, 1.54) is 0 Å². The van der Waals surface area contributed by atoms with Crippen LogP contribution in [0.5, 0.6) is 5.75 Å². The minimum atomic E-state index is -0.298. The summed E-state index contributed by atoms with van der Waals surface area (Å²) in [6, 6.07) is 7.15. The predicted molar refractivity (Wildman–Crippen MR) is 96.8 cm³/mol. The van der Waals surface area contributed by atoms with E-state index >= 15 is 0 Å². The summed E-state index contributed by atoms with van der Waals surface area (Å²) in [5.74, 6) is 0.745. The zero-order chi connectivity index (χ0) is 18.1. The van der Waals surface area contributed by atoms with Gasteiger partial charge in [0.1, 0.15) is 5.75 Å². The molecule has 138 valence electrons. The van der Waals surface area contributed by atoms with Gasteiger partial charge in [-0.15, -0.1) is 0 Å². The van der Waals surface area contributed by atoms with Crippen LogP contribution in [0.4, 0.5) is 0 Å². The molecule has 0 unspecified atom stereocenters. The molecular weight excluding hydrogens is 318 g/mol. The minimum absolute atomic E-state index is 0.00359. The van der Waals surface area contributed by atoms with Crippen LogP contribution in [-0.2, 0) is 4.79 Å². The first kappa shape index (κ1) is 19.4. The van der Waals surface area contributed by atoms with E-state index in [0.29, 0.717) is 38.1 Å². The van der Waals surface area contributed by atoms with Crippen LogP contribution in [0.2, 0.25) is 0 Å². The lowest BCUT2D eigenvalue weighted by Crippen LogP contribution is -2.40. The molecule has 0 spiro atoms. The number of ether oxygens (including phenoxy) is 1. The summed E-state index contributed by atoms with van der Waals surface area (Å²) < 4.78 is 5.64. The number of benzene rings is 1. The Hall–Kier alpha value is -1.88. The summed E-state index contributed by atoms with van der Waals surface area (Å²) in [6.07, 6.45) is 4.74. The average molecular weight is 347 g/mol. The Bertz CT molecular complexity index is 547. The maximum atomic E-state index is 12.2. The molecule has 1 aromatic carbocycles. The fourth-order valence-electron chi connectivity index (χ4n) is 2.92. The molecule has 2 rings (SSSR count). The van der Waals surface area contributed by atoms with Gasteiger partial charge in [-0.1, -0.05) is 19.8 Å². The molecule has 1 saturated heterocycles. The molecule has 1 amide bonds. The van der Waals surface area contributed by atoms with Crippen molar-refractivity contribution < 1.29 is 19.4 Å². The highest BCUT2D eigenvalue weighted by Gasteiger charge is 2.21. The monoisotopic (exact) mass is 347 g/mol. The van der Waals surface area contributed by atoms with E-state index in [2.05, 4.69) is 6.92 Å². The molecule has 0 atom stereocenters. The number of carbonyl (C=O) groups is 2. The Kier molecular flexibility index (Phi) is 7.92. The number of nitrogens with zero attached hydrogens (tertiary/aromatic N) is 1. The third-order valence-corrected chi connectivity index (χ3v) is 4.58. The molecule has 0 radical (unpaired) electrons. The van der Waals surface area contributed by atoms with Gasteiger partial charge in [0.15, 0.2) is 5.78 Å². The Morgan fingerprint density at radius 1 is 1.12 bits per heavy atom. The summed E-state index contributed by atoms with van der Waals surface area (Å²) in [6.45, 7) is 4.01. The Morgan fingerprint density at radius 3 is 2.44 bits per heavy atom. The van der Waals surface area contributed by atoms with Gasteiger partial charge in [0, 0.05) is 31.5 Å². The highest BCUT2D eigenvalue weighted by molar-refractivity contribution is 5.98. The Labute approximate surface area is 150 Å². The van der Waals surface area contributed by atoms with Gasteiger partial charge in [0.05, 0.1) is 12.7 Å². The predicted octanol–water partition coefficient (Wildman–Crippen LogP) is 3.20. The molecule has 25 heavy (non-hydrogen) atoms. The maximum Gasteiger partial charge on any atom is 0.223 e. The van der Waals surface area contributed by atoms with Gasteiger partial charge >= 0.3 is 0 Å². The van der Waals surface area contributed by atoms with Crippen LogP contribution in [0.1, 0.15) is 62.2 Å². The van der Waals surface area contributed by atoms with Crippen molar-refractivity contribution in [3.63, 3.8) is 0 Å². The number of carbonyl (C=O) groups excluding carboxylic acids is 2. The number of piperidine rings is 1. The van der Waals surface area contributed by atoms with Crippen molar-refractivity contribution in [2.75, 3.05) is 19.7 Å². The Morgan fingerprint density at radius 2 is 1.80 bits per heavy atom. The zero-order valence-corrected chi connectivity index (χ0v) is 15.1. The number of unbranched alkanes of at least 4 members (excludes halogenated alkanes) is 2. The van der Waals surface area contributed by atoms with Crippen molar-refractivity contribution in [3.8, 4) is 5.75 Å². The zero-order valence-electron chi connectivity index (χ0n) is 15.1. The molecule has 1 fully saturated rings. The molecule has 5 nitrogen and oxygen atoms in total. The number of aliphatic hydroxyl groups excluding tert-OH is 1. The van der Waals surface area contributed by atoms with Gasteiger partial charge in [0.2, 0.25) is 5.91 Å². The van der Waals surface area contributed by atoms with E-state index in [1.54, 1.807) is 17.0 Å². The number of hydrogen-bond donors (Lipinski definition) is 1. The highest BCUT2D eigenvalue weighted by atomic mass is 16.5. The molecule has 1 N–H and O–H groups in total. The minimum Gasteiger partial charge on any atom is -0.494 e. The van der Waals surface area contributed by atoms with Crippen molar-refractivity contribution in [2.45, 2.75) is 58.0 Å². The van der Waals surface area contributed by atoms with Crippen LogP contribution in [0.25, 0.3) is 0 Å². The van der Waals surface area contributed by atoms with Crippen molar-refractivity contribution in [1.82, 2.24) is 4.90 Å². The fraction of sp³-hybridized carbons (Fsp3) is 0.600. The third kappa shape index (κ3) is 6.50. The standard InChI is InChI=1S/C20H29NO4/c1-2-3-4-15-25-18-7-5-16(6-8-18)19(23)9-10-20(24)21-13-11-17(22)12-14-21/h5-8,17,22H,2-4,9-15H2,1H3. The molecule has 5 heteroatoms. The second-order valence-electron chi connectivity index (χ2n) is 6.62. The lowest BCUT2D eigenvalue weighted by molar-refractivity contribution is -0.133. The number of Topliss-reactive ketones (excluding diaryl/α,β-unsaturated/α-hetero) is 1. The molecule has 0 aromatic heterocycles. The van der Waals surface area contributed by atoms with Gasteiger partial charge in [0.25, 0.3) is 0 Å². The van der Waals surface area contributed by atoms with Gasteiger partial charge < -0.3 is 14.7 Å². The number of amides is 1. The van der Waals surface area contributed by atoms with E-state index in [4.69, 9.17) is 4.74 Å². The van der Waals surface area contributed by atoms with E-state index in [1.807, 2.05) is 12.1 Å². The first-order valence-electron chi connectivity index (χ1n) is 9.32. The van der Waals surface area contributed by atoms with Crippen molar-refractivity contribution in [3.05, 3.63) is 29.8 Å². The Balaban J connectivity index is 1.74. The van der Waals surface area contributed by atoms with Crippen LogP contribution in [0.3, 0.4) is 0 Å². The maximum absolute atomic E-state index is 12.2. The molecule has 1 aliphatic rings. The number of hydrogen-bond acceptors (Lipinski definition) is 4. The van der Waals surface area contributed by atoms with Crippen molar-refractivity contribution in [2.24, 2.45) is 0 Å². The number of aliphatic hydroxyl groups is 1. The lowest BCUT2D eigenvalue weighted by atomic mass is 10.0. The van der Waals surface area contributed by atoms with Gasteiger partial charge in [-0.2, -0.15) is 0 Å². The second kappa shape index (κ2) is 10.2. The molecule has 0 aliphatic carbocycles. The normalized spacial score (nSPS) is 15.2.